The maximum atomic E-state index is 13.1. The van der Waals surface area contributed by atoms with Gasteiger partial charge >= 0.3 is 6.03 Å². The molecule has 0 spiro atoms. The summed E-state index contributed by atoms with van der Waals surface area (Å²) in [7, 11) is -3.68. The third-order valence-electron chi connectivity index (χ3n) is 6.00. The van der Waals surface area contributed by atoms with Gasteiger partial charge in [-0.1, -0.05) is 13.8 Å². The van der Waals surface area contributed by atoms with E-state index in [0.29, 0.717) is 56.9 Å². The molecule has 0 bridgehead atoms. The van der Waals surface area contributed by atoms with Crippen LogP contribution in [0, 0.1) is 5.92 Å². The largest absolute Gasteiger partial charge is 0.486 e. The molecule has 2 saturated heterocycles. The van der Waals surface area contributed by atoms with Gasteiger partial charge < -0.3 is 24.4 Å². The summed E-state index contributed by atoms with van der Waals surface area (Å²) < 4.78 is 44.4. The number of hydrogen-bond acceptors (Lipinski definition) is 7. The smallest absolute Gasteiger partial charge is 0.317 e. The van der Waals surface area contributed by atoms with E-state index in [4.69, 9.17) is 14.2 Å². The van der Waals surface area contributed by atoms with Gasteiger partial charge in [0, 0.05) is 58.4 Å². The van der Waals surface area contributed by atoms with Crippen molar-refractivity contribution in [3.8, 4) is 11.5 Å². The standard InChI is InChI=1S/C22H34N4O6S/c1-17(2)15-24-9-10-30-18(16-24)14-23-22(27)25-5-7-26(8-6-25)33(28,29)19-3-4-20-21(13-19)32-12-11-31-20/h3-4,13,17-18H,5-12,14-16H2,1-2H3,(H,23,27)/t18-/m0/s1. The number of piperazine rings is 1. The van der Waals surface area contributed by atoms with Crippen molar-refractivity contribution in [1.82, 2.24) is 19.4 Å². The average molecular weight is 483 g/mol. The first-order chi connectivity index (χ1) is 15.8. The van der Waals surface area contributed by atoms with Crippen LogP contribution in [-0.2, 0) is 14.8 Å². The third-order valence-corrected chi connectivity index (χ3v) is 7.90. The monoisotopic (exact) mass is 482 g/mol. The number of urea groups is 1. The fourth-order valence-electron chi connectivity index (χ4n) is 4.36. The maximum absolute atomic E-state index is 13.1. The van der Waals surface area contributed by atoms with Crippen LogP contribution in [0.1, 0.15) is 13.8 Å². The number of nitrogens with zero attached hydrogens (tertiary/aromatic N) is 3. The summed E-state index contributed by atoms with van der Waals surface area (Å²) in [6.07, 6.45) is -0.0293. The zero-order valence-electron chi connectivity index (χ0n) is 19.4. The minimum absolute atomic E-state index is 0.0293. The van der Waals surface area contributed by atoms with Crippen molar-refractivity contribution in [2.24, 2.45) is 5.92 Å². The molecule has 3 aliphatic heterocycles. The number of nitrogens with one attached hydrogen (secondary N) is 1. The summed E-state index contributed by atoms with van der Waals surface area (Å²) in [5.41, 5.74) is 0. The van der Waals surface area contributed by atoms with Crippen LogP contribution >= 0.6 is 0 Å². The minimum Gasteiger partial charge on any atom is -0.486 e. The van der Waals surface area contributed by atoms with E-state index < -0.39 is 10.0 Å². The molecule has 184 valence electrons. The number of benzene rings is 1. The Labute approximate surface area is 195 Å². The Morgan fingerprint density at radius 3 is 2.52 bits per heavy atom. The first kappa shape index (κ1) is 24.1. The van der Waals surface area contributed by atoms with Gasteiger partial charge in [0.1, 0.15) is 13.2 Å². The van der Waals surface area contributed by atoms with Crippen LogP contribution in [0.3, 0.4) is 0 Å². The molecule has 4 rings (SSSR count). The van der Waals surface area contributed by atoms with Crippen LogP contribution in [0.5, 0.6) is 11.5 Å². The fraction of sp³-hybridized carbons (Fsp3) is 0.682. The van der Waals surface area contributed by atoms with Gasteiger partial charge in [0.05, 0.1) is 17.6 Å². The summed E-state index contributed by atoms with van der Waals surface area (Å²) in [4.78, 5) is 16.8. The van der Waals surface area contributed by atoms with E-state index in [1.165, 1.54) is 16.4 Å². The van der Waals surface area contributed by atoms with Crippen LogP contribution < -0.4 is 14.8 Å². The molecule has 0 unspecified atom stereocenters. The predicted molar refractivity (Wildman–Crippen MR) is 122 cm³/mol. The van der Waals surface area contributed by atoms with Crippen LogP contribution in [0.4, 0.5) is 4.79 Å². The number of sulfonamides is 1. The van der Waals surface area contributed by atoms with E-state index >= 15 is 0 Å². The lowest BCUT2D eigenvalue weighted by molar-refractivity contribution is -0.0294. The Balaban J connectivity index is 1.26. The molecule has 0 aromatic heterocycles. The molecule has 10 nitrogen and oxygen atoms in total. The molecule has 2 fully saturated rings. The molecule has 0 saturated carbocycles. The van der Waals surface area contributed by atoms with Crippen molar-refractivity contribution in [2.45, 2.75) is 24.8 Å². The third kappa shape index (κ3) is 5.89. The van der Waals surface area contributed by atoms with Gasteiger partial charge in [0.15, 0.2) is 11.5 Å². The van der Waals surface area contributed by atoms with Gasteiger partial charge in [-0.25, -0.2) is 13.2 Å². The molecule has 0 radical (unpaired) electrons. The summed E-state index contributed by atoms with van der Waals surface area (Å²) in [5, 5.41) is 2.95. The average Bonchev–Trinajstić information content (AvgIpc) is 2.82. The number of fused-ring (bicyclic) bond motifs is 1. The molecule has 1 aromatic carbocycles. The number of carbonyl (C=O) groups is 1. The number of amides is 2. The van der Waals surface area contributed by atoms with Gasteiger partial charge in [0.25, 0.3) is 0 Å². The zero-order chi connectivity index (χ0) is 23.4. The van der Waals surface area contributed by atoms with E-state index in [-0.39, 0.29) is 30.1 Å². The zero-order valence-corrected chi connectivity index (χ0v) is 20.2. The lowest BCUT2D eigenvalue weighted by atomic mass is 10.2. The molecule has 11 heteroatoms. The van der Waals surface area contributed by atoms with Crippen molar-refractivity contribution < 1.29 is 27.4 Å². The minimum atomic E-state index is -3.68. The van der Waals surface area contributed by atoms with Gasteiger partial charge in [-0.2, -0.15) is 4.31 Å². The van der Waals surface area contributed by atoms with E-state index in [1.54, 1.807) is 11.0 Å². The maximum Gasteiger partial charge on any atom is 0.317 e. The quantitative estimate of drug-likeness (QED) is 0.641. The number of rotatable bonds is 6. The number of morpholine rings is 1. The van der Waals surface area contributed by atoms with Gasteiger partial charge in [-0.05, 0) is 18.1 Å². The molecule has 1 N–H and O–H groups in total. The Hall–Kier alpha value is -2.08. The number of carbonyl (C=O) groups excluding carboxylic acids is 1. The first-order valence-corrected chi connectivity index (χ1v) is 13.0. The highest BCUT2D eigenvalue weighted by molar-refractivity contribution is 7.89. The van der Waals surface area contributed by atoms with Crippen molar-refractivity contribution in [3.63, 3.8) is 0 Å². The number of hydrogen-bond donors (Lipinski definition) is 1. The Morgan fingerprint density at radius 1 is 1.06 bits per heavy atom. The molecular formula is C22H34N4O6S. The van der Waals surface area contributed by atoms with Crippen LogP contribution in [-0.4, -0.2) is 107 Å². The van der Waals surface area contributed by atoms with Gasteiger partial charge in [0.2, 0.25) is 10.0 Å². The van der Waals surface area contributed by atoms with E-state index in [2.05, 4.69) is 24.1 Å². The van der Waals surface area contributed by atoms with Crippen LogP contribution in [0.15, 0.2) is 23.1 Å². The van der Waals surface area contributed by atoms with E-state index in [1.807, 2.05) is 0 Å². The predicted octanol–water partition coefficient (Wildman–Crippen LogP) is 0.831. The first-order valence-electron chi connectivity index (χ1n) is 11.6. The highest BCUT2D eigenvalue weighted by Gasteiger charge is 2.31. The van der Waals surface area contributed by atoms with Crippen molar-refractivity contribution >= 4 is 16.1 Å². The second kappa shape index (κ2) is 10.5. The highest BCUT2D eigenvalue weighted by atomic mass is 32.2. The molecule has 1 atom stereocenters. The summed E-state index contributed by atoms with van der Waals surface area (Å²) in [6, 6.07) is 4.49. The van der Waals surface area contributed by atoms with Crippen molar-refractivity contribution in [2.75, 3.05) is 72.2 Å². The molecule has 2 amide bonds. The second-order valence-electron chi connectivity index (χ2n) is 9.03. The lowest BCUT2D eigenvalue weighted by Gasteiger charge is -2.36. The second-order valence-corrected chi connectivity index (χ2v) is 11.0. The number of ether oxygens (including phenoxy) is 3. The molecule has 1 aromatic rings. The van der Waals surface area contributed by atoms with E-state index in [9.17, 15) is 13.2 Å². The summed E-state index contributed by atoms with van der Waals surface area (Å²) in [6.45, 7) is 10.3. The molecule has 0 aliphatic carbocycles. The molecular weight excluding hydrogens is 448 g/mol. The Morgan fingerprint density at radius 2 is 1.79 bits per heavy atom. The summed E-state index contributed by atoms with van der Waals surface area (Å²) >= 11 is 0. The van der Waals surface area contributed by atoms with Gasteiger partial charge in [-0.3, -0.25) is 4.90 Å². The van der Waals surface area contributed by atoms with Gasteiger partial charge in [-0.15, -0.1) is 0 Å². The van der Waals surface area contributed by atoms with Crippen LogP contribution in [0.25, 0.3) is 0 Å². The lowest BCUT2D eigenvalue weighted by Crippen LogP contribution is -2.55. The SMILES string of the molecule is CC(C)CN1CCO[C@@H](CNC(=O)N2CCN(S(=O)(=O)c3ccc4c(c3)OCCO4)CC2)C1. The normalized spacial score (nSPS) is 22.4. The molecule has 3 aliphatic rings. The van der Waals surface area contributed by atoms with Crippen molar-refractivity contribution in [3.05, 3.63) is 18.2 Å². The van der Waals surface area contributed by atoms with E-state index in [0.717, 1.165) is 19.6 Å². The fourth-order valence-corrected chi connectivity index (χ4v) is 5.80. The van der Waals surface area contributed by atoms with Crippen LogP contribution in [0.2, 0.25) is 0 Å². The summed E-state index contributed by atoms with van der Waals surface area (Å²) in [5.74, 6) is 1.58. The molecule has 3 heterocycles. The Kier molecular flexibility index (Phi) is 7.62. The Bertz CT molecular complexity index is 933. The highest BCUT2D eigenvalue weighted by Crippen LogP contribution is 2.33. The van der Waals surface area contributed by atoms with Crippen molar-refractivity contribution in [1.29, 1.82) is 0 Å². The molecule has 33 heavy (non-hydrogen) atoms. The topological polar surface area (TPSA) is 101 Å².